The number of hydrogen-bond acceptors (Lipinski definition) is 3. The zero-order valence-electron chi connectivity index (χ0n) is 12.0. The number of aryl methyl sites for hydroxylation is 1. The Bertz CT molecular complexity index is 528. The molecule has 3 heteroatoms. The van der Waals surface area contributed by atoms with Crippen molar-refractivity contribution in [2.24, 2.45) is 0 Å². The zero-order valence-corrected chi connectivity index (χ0v) is 12.0. The molecule has 20 heavy (non-hydrogen) atoms. The number of rotatable bonds is 3. The van der Waals surface area contributed by atoms with E-state index in [-0.39, 0.29) is 0 Å². The lowest BCUT2D eigenvalue weighted by molar-refractivity contribution is 0.499. The highest BCUT2D eigenvalue weighted by Crippen LogP contribution is 2.29. The van der Waals surface area contributed by atoms with Crippen LogP contribution in [0.25, 0.3) is 0 Å². The molecule has 0 N–H and O–H groups in total. The van der Waals surface area contributed by atoms with Gasteiger partial charge in [-0.15, -0.1) is 0 Å². The molecule has 0 atom stereocenters. The Kier molecular flexibility index (Phi) is 3.95. The Morgan fingerprint density at radius 1 is 1.05 bits per heavy atom. The topological polar surface area (TPSA) is 29.0 Å². The summed E-state index contributed by atoms with van der Waals surface area (Å²) in [6.45, 7) is 4.29. The highest BCUT2D eigenvalue weighted by atomic mass is 15.2. The van der Waals surface area contributed by atoms with Crippen molar-refractivity contribution in [2.75, 3.05) is 18.0 Å². The quantitative estimate of drug-likeness (QED) is 0.853. The van der Waals surface area contributed by atoms with Gasteiger partial charge in [0.15, 0.2) is 0 Å². The minimum absolute atomic E-state index is 0.681. The van der Waals surface area contributed by atoms with E-state index in [2.05, 4.69) is 46.1 Å². The van der Waals surface area contributed by atoms with E-state index in [1.165, 1.54) is 24.0 Å². The van der Waals surface area contributed by atoms with Crippen molar-refractivity contribution >= 4 is 5.95 Å². The molecule has 0 bridgehead atoms. The summed E-state index contributed by atoms with van der Waals surface area (Å²) in [7, 11) is 0. The minimum Gasteiger partial charge on any atom is -0.341 e. The summed E-state index contributed by atoms with van der Waals surface area (Å²) in [6.07, 6.45) is 7.12. The minimum atomic E-state index is 0.681. The summed E-state index contributed by atoms with van der Waals surface area (Å²) >= 11 is 0. The highest BCUT2D eigenvalue weighted by Gasteiger charge is 2.21. The van der Waals surface area contributed by atoms with E-state index in [0.717, 1.165) is 25.5 Å². The fourth-order valence-electron chi connectivity index (χ4n) is 2.89. The third-order valence-corrected chi connectivity index (χ3v) is 4.19. The van der Waals surface area contributed by atoms with Crippen molar-refractivity contribution in [3.05, 3.63) is 53.9 Å². The molecular weight excluding hydrogens is 246 g/mol. The van der Waals surface area contributed by atoms with Crippen LogP contribution in [0, 0.1) is 0 Å². The molecule has 0 saturated carbocycles. The summed E-state index contributed by atoms with van der Waals surface area (Å²) in [4.78, 5) is 11.0. The molecule has 3 nitrogen and oxygen atoms in total. The molecule has 1 aliphatic heterocycles. The highest BCUT2D eigenvalue weighted by molar-refractivity contribution is 5.32. The van der Waals surface area contributed by atoms with Crippen LogP contribution in [0.2, 0.25) is 0 Å². The van der Waals surface area contributed by atoms with Crippen molar-refractivity contribution in [2.45, 2.75) is 32.1 Å². The van der Waals surface area contributed by atoms with Crippen LogP contribution in [0.3, 0.4) is 0 Å². The van der Waals surface area contributed by atoms with Gasteiger partial charge in [-0.3, -0.25) is 0 Å². The first kappa shape index (κ1) is 13.1. The molecule has 1 aromatic heterocycles. The molecule has 0 spiro atoms. The van der Waals surface area contributed by atoms with Crippen LogP contribution in [0.15, 0.2) is 42.7 Å². The fourth-order valence-corrected chi connectivity index (χ4v) is 2.89. The van der Waals surface area contributed by atoms with Crippen molar-refractivity contribution in [3.63, 3.8) is 0 Å². The molecule has 1 aliphatic rings. The van der Waals surface area contributed by atoms with Crippen molar-refractivity contribution in [3.8, 4) is 0 Å². The summed E-state index contributed by atoms with van der Waals surface area (Å²) in [5, 5.41) is 0. The standard InChI is InChI=1S/C17H21N3/c1-2-14-4-6-15(7-5-14)16-8-12-20(13-9-16)17-18-10-3-11-19-17/h3-7,10-11,16H,2,8-9,12-13H2,1H3. The molecule has 104 valence electrons. The second kappa shape index (κ2) is 6.04. The van der Waals surface area contributed by atoms with Crippen LogP contribution in [-0.2, 0) is 6.42 Å². The normalized spacial score (nSPS) is 16.4. The van der Waals surface area contributed by atoms with Crippen molar-refractivity contribution in [1.29, 1.82) is 0 Å². The molecule has 0 unspecified atom stereocenters. The van der Waals surface area contributed by atoms with Gasteiger partial charge in [0.2, 0.25) is 5.95 Å². The van der Waals surface area contributed by atoms with E-state index in [1.807, 2.05) is 18.5 Å². The number of hydrogen-bond donors (Lipinski definition) is 0. The fraction of sp³-hybridized carbons (Fsp3) is 0.412. The van der Waals surface area contributed by atoms with Crippen LogP contribution in [0.5, 0.6) is 0 Å². The lowest BCUT2D eigenvalue weighted by atomic mass is 9.89. The molecule has 1 saturated heterocycles. The summed E-state index contributed by atoms with van der Waals surface area (Å²) in [5.41, 5.74) is 2.90. The van der Waals surface area contributed by atoms with E-state index >= 15 is 0 Å². The summed E-state index contributed by atoms with van der Waals surface area (Å²) in [5.74, 6) is 1.55. The molecule has 0 amide bonds. The van der Waals surface area contributed by atoms with Crippen LogP contribution in [-0.4, -0.2) is 23.1 Å². The van der Waals surface area contributed by atoms with Gasteiger partial charge in [-0.2, -0.15) is 0 Å². The average molecular weight is 267 g/mol. The predicted molar refractivity (Wildman–Crippen MR) is 82.0 cm³/mol. The molecule has 1 aromatic carbocycles. The second-order valence-corrected chi connectivity index (χ2v) is 5.41. The molecule has 2 aromatic rings. The number of benzene rings is 1. The maximum absolute atomic E-state index is 4.34. The summed E-state index contributed by atoms with van der Waals surface area (Å²) in [6, 6.07) is 11.0. The van der Waals surface area contributed by atoms with Gasteiger partial charge in [0.1, 0.15) is 0 Å². The smallest absolute Gasteiger partial charge is 0.225 e. The largest absolute Gasteiger partial charge is 0.341 e. The summed E-state index contributed by atoms with van der Waals surface area (Å²) < 4.78 is 0. The Morgan fingerprint density at radius 2 is 1.70 bits per heavy atom. The third kappa shape index (κ3) is 2.82. The maximum atomic E-state index is 4.34. The predicted octanol–water partition coefficient (Wildman–Crippen LogP) is 3.42. The third-order valence-electron chi connectivity index (χ3n) is 4.19. The van der Waals surface area contributed by atoms with Crippen molar-refractivity contribution in [1.82, 2.24) is 9.97 Å². The molecule has 2 heterocycles. The van der Waals surface area contributed by atoms with Crippen LogP contribution < -0.4 is 4.90 Å². The first-order chi connectivity index (χ1) is 9.86. The van der Waals surface area contributed by atoms with Gasteiger partial charge in [-0.1, -0.05) is 31.2 Å². The number of aromatic nitrogens is 2. The Hall–Kier alpha value is -1.90. The van der Waals surface area contributed by atoms with E-state index in [9.17, 15) is 0 Å². The van der Waals surface area contributed by atoms with Gasteiger partial charge in [0.25, 0.3) is 0 Å². The first-order valence-electron chi connectivity index (χ1n) is 7.47. The molecule has 0 radical (unpaired) electrons. The number of piperidine rings is 1. The zero-order chi connectivity index (χ0) is 13.8. The van der Waals surface area contributed by atoms with Gasteiger partial charge in [-0.25, -0.2) is 9.97 Å². The molecule has 1 fully saturated rings. The van der Waals surface area contributed by atoms with Gasteiger partial charge < -0.3 is 4.90 Å². The van der Waals surface area contributed by atoms with E-state index in [1.54, 1.807) is 0 Å². The van der Waals surface area contributed by atoms with Gasteiger partial charge in [-0.05, 0) is 42.4 Å². The molecular formula is C17H21N3. The lowest BCUT2D eigenvalue weighted by Gasteiger charge is -2.32. The SMILES string of the molecule is CCc1ccc(C2CCN(c3ncccn3)CC2)cc1. The number of anilines is 1. The van der Waals surface area contributed by atoms with Gasteiger partial charge in [0, 0.05) is 25.5 Å². The van der Waals surface area contributed by atoms with Gasteiger partial charge >= 0.3 is 0 Å². The molecule has 0 aliphatic carbocycles. The average Bonchev–Trinajstić information content (AvgIpc) is 2.56. The maximum Gasteiger partial charge on any atom is 0.225 e. The van der Waals surface area contributed by atoms with E-state index < -0.39 is 0 Å². The van der Waals surface area contributed by atoms with Crippen molar-refractivity contribution < 1.29 is 0 Å². The monoisotopic (exact) mass is 267 g/mol. The Morgan fingerprint density at radius 3 is 2.30 bits per heavy atom. The van der Waals surface area contributed by atoms with Gasteiger partial charge in [0.05, 0.1) is 0 Å². The lowest BCUT2D eigenvalue weighted by Crippen LogP contribution is -2.34. The Balaban J connectivity index is 1.63. The van der Waals surface area contributed by atoms with Crippen LogP contribution in [0.1, 0.15) is 36.8 Å². The van der Waals surface area contributed by atoms with Crippen LogP contribution in [0.4, 0.5) is 5.95 Å². The van der Waals surface area contributed by atoms with E-state index in [4.69, 9.17) is 0 Å². The number of nitrogens with zero attached hydrogens (tertiary/aromatic N) is 3. The van der Waals surface area contributed by atoms with E-state index in [0.29, 0.717) is 5.92 Å². The molecule has 3 rings (SSSR count). The second-order valence-electron chi connectivity index (χ2n) is 5.41. The van der Waals surface area contributed by atoms with Crippen LogP contribution >= 0.6 is 0 Å². The first-order valence-corrected chi connectivity index (χ1v) is 7.47. The Labute approximate surface area is 120 Å².